The number of sulfonamides is 1. The van der Waals surface area contributed by atoms with Crippen LogP contribution in [0, 0.1) is 0 Å². The Bertz CT molecular complexity index is 2060. The minimum Gasteiger partial charge on any atom is -0.457 e. The fourth-order valence-electron chi connectivity index (χ4n) is 6.31. The number of nitrogens with one attached hydrogen (secondary N) is 1. The van der Waals surface area contributed by atoms with E-state index < -0.39 is 28.5 Å². The van der Waals surface area contributed by atoms with E-state index in [1.165, 1.54) is 17.0 Å². The highest BCUT2D eigenvalue weighted by Gasteiger charge is 2.35. The first-order valence-electron chi connectivity index (χ1n) is 17.2. The maximum atomic E-state index is 14.8. The van der Waals surface area contributed by atoms with Gasteiger partial charge in [0.2, 0.25) is 11.8 Å². The maximum Gasteiger partial charge on any atom is 0.264 e. The lowest BCUT2D eigenvalue weighted by Crippen LogP contribution is -2.54. The Hall–Kier alpha value is -4.83. The normalized spacial score (nSPS) is 13.7. The third kappa shape index (κ3) is 9.33. The summed E-state index contributed by atoms with van der Waals surface area (Å²) in [6.45, 7) is -0.603. The molecule has 0 heterocycles. The van der Waals surface area contributed by atoms with E-state index in [0.29, 0.717) is 27.1 Å². The van der Waals surface area contributed by atoms with Crippen molar-refractivity contribution in [3.05, 3.63) is 155 Å². The fourth-order valence-corrected chi connectivity index (χ4v) is 8.07. The van der Waals surface area contributed by atoms with Gasteiger partial charge in [0, 0.05) is 19.0 Å². The number of rotatable bonds is 14. The number of ether oxygens (including phenoxy) is 1. The molecule has 1 saturated carbocycles. The summed E-state index contributed by atoms with van der Waals surface area (Å²) in [6, 6.07) is 37.2. The van der Waals surface area contributed by atoms with Crippen LogP contribution in [-0.4, -0.2) is 43.8 Å². The standard InChI is InChI=1S/C41H39Cl2N3O5S/c42-37-25-20-31(26-38(37)43)28-45(39(27-30-12-4-1-5-13-30)41(48)44-32-14-10-11-15-32)40(47)29-46(52(49,50)36-18-8-3-9-19-36)33-21-23-35(24-22-33)51-34-16-6-2-7-17-34/h1-9,12-13,16-26,32,39H,10-11,14-15,27-29H2,(H,44,48). The second kappa shape index (κ2) is 17.1. The third-order valence-electron chi connectivity index (χ3n) is 9.02. The number of nitrogens with zero attached hydrogens (tertiary/aromatic N) is 2. The van der Waals surface area contributed by atoms with Crippen molar-refractivity contribution in [3.8, 4) is 11.5 Å². The first-order chi connectivity index (χ1) is 25.2. The van der Waals surface area contributed by atoms with Gasteiger partial charge in [0.15, 0.2) is 0 Å². The second-order valence-electron chi connectivity index (χ2n) is 12.7. The number of carbonyl (C=O) groups excluding carboxylic acids is 2. The van der Waals surface area contributed by atoms with Crippen LogP contribution in [-0.2, 0) is 32.6 Å². The Morgan fingerprint density at radius 1 is 0.731 bits per heavy atom. The Morgan fingerprint density at radius 2 is 1.33 bits per heavy atom. The summed E-state index contributed by atoms with van der Waals surface area (Å²) in [5, 5.41) is 3.83. The highest BCUT2D eigenvalue weighted by molar-refractivity contribution is 7.92. The lowest BCUT2D eigenvalue weighted by atomic mass is 10.0. The number of para-hydroxylation sites is 1. The van der Waals surface area contributed by atoms with E-state index in [1.807, 2.05) is 60.7 Å². The van der Waals surface area contributed by atoms with Crippen LogP contribution in [0.15, 0.2) is 138 Å². The first kappa shape index (κ1) is 36.9. The van der Waals surface area contributed by atoms with Crippen LogP contribution in [0.3, 0.4) is 0 Å². The summed E-state index contributed by atoms with van der Waals surface area (Å²) >= 11 is 12.6. The predicted octanol–water partition coefficient (Wildman–Crippen LogP) is 8.68. The Kier molecular flexibility index (Phi) is 12.2. The van der Waals surface area contributed by atoms with Crippen molar-refractivity contribution in [2.75, 3.05) is 10.8 Å². The van der Waals surface area contributed by atoms with Crippen LogP contribution in [0.25, 0.3) is 0 Å². The van der Waals surface area contributed by atoms with E-state index in [0.717, 1.165) is 35.6 Å². The van der Waals surface area contributed by atoms with Gasteiger partial charge in [0.1, 0.15) is 24.1 Å². The van der Waals surface area contributed by atoms with Gasteiger partial charge in [0.25, 0.3) is 10.0 Å². The fraction of sp³-hybridized carbons (Fsp3) is 0.220. The average molecular weight is 757 g/mol. The van der Waals surface area contributed by atoms with Gasteiger partial charge in [-0.1, -0.05) is 109 Å². The van der Waals surface area contributed by atoms with Gasteiger partial charge >= 0.3 is 0 Å². The molecule has 8 nitrogen and oxygen atoms in total. The molecule has 6 rings (SSSR count). The number of anilines is 1. The SMILES string of the molecule is O=C(NC1CCCC1)C(Cc1ccccc1)N(Cc1ccc(Cl)c(Cl)c1)C(=O)CN(c1ccc(Oc2ccccc2)cc1)S(=O)(=O)c1ccccc1. The molecule has 0 spiro atoms. The molecule has 268 valence electrons. The van der Waals surface area contributed by atoms with Crippen LogP contribution in [0.1, 0.15) is 36.8 Å². The van der Waals surface area contributed by atoms with Gasteiger partial charge in [0.05, 0.1) is 20.6 Å². The summed E-state index contributed by atoms with van der Waals surface area (Å²) < 4.78 is 35.7. The summed E-state index contributed by atoms with van der Waals surface area (Å²) in [4.78, 5) is 30.5. The summed E-state index contributed by atoms with van der Waals surface area (Å²) in [5.74, 6) is 0.241. The molecular weight excluding hydrogens is 717 g/mol. The molecule has 1 aliphatic rings. The molecule has 1 unspecified atom stereocenters. The molecule has 1 atom stereocenters. The van der Waals surface area contributed by atoms with Crippen LogP contribution in [0.4, 0.5) is 5.69 Å². The highest BCUT2D eigenvalue weighted by Crippen LogP contribution is 2.30. The van der Waals surface area contributed by atoms with Crippen molar-refractivity contribution >= 4 is 50.7 Å². The minimum atomic E-state index is -4.26. The van der Waals surface area contributed by atoms with E-state index in [-0.39, 0.29) is 35.5 Å². The van der Waals surface area contributed by atoms with Crippen LogP contribution in [0.5, 0.6) is 11.5 Å². The third-order valence-corrected chi connectivity index (χ3v) is 11.6. The molecule has 5 aromatic carbocycles. The van der Waals surface area contributed by atoms with Crippen molar-refractivity contribution in [1.29, 1.82) is 0 Å². The number of halogens is 2. The van der Waals surface area contributed by atoms with Crippen LogP contribution < -0.4 is 14.4 Å². The van der Waals surface area contributed by atoms with Crippen molar-refractivity contribution in [2.45, 2.75) is 55.6 Å². The molecule has 1 aliphatic carbocycles. The minimum absolute atomic E-state index is 0.000668. The number of hydrogen-bond acceptors (Lipinski definition) is 5. The molecule has 0 aromatic heterocycles. The molecule has 2 amide bonds. The lowest BCUT2D eigenvalue weighted by Gasteiger charge is -2.34. The van der Waals surface area contributed by atoms with Gasteiger partial charge in [-0.05, 0) is 84.6 Å². The van der Waals surface area contributed by atoms with Gasteiger partial charge in [-0.3, -0.25) is 13.9 Å². The van der Waals surface area contributed by atoms with Gasteiger partial charge < -0.3 is 15.0 Å². The van der Waals surface area contributed by atoms with E-state index in [2.05, 4.69) is 5.32 Å². The van der Waals surface area contributed by atoms with Crippen molar-refractivity contribution in [3.63, 3.8) is 0 Å². The topological polar surface area (TPSA) is 96.0 Å². The molecule has 11 heteroatoms. The zero-order valence-electron chi connectivity index (χ0n) is 28.4. The number of carbonyl (C=O) groups is 2. The Labute approximate surface area is 315 Å². The molecule has 0 bridgehead atoms. The van der Waals surface area contributed by atoms with Crippen molar-refractivity contribution < 1.29 is 22.7 Å². The Balaban J connectivity index is 1.39. The van der Waals surface area contributed by atoms with E-state index >= 15 is 0 Å². The second-order valence-corrected chi connectivity index (χ2v) is 15.4. The molecule has 1 fully saturated rings. The Morgan fingerprint density at radius 3 is 1.96 bits per heavy atom. The number of hydrogen-bond donors (Lipinski definition) is 1. The van der Waals surface area contributed by atoms with Gasteiger partial charge in [-0.15, -0.1) is 0 Å². The predicted molar refractivity (Wildman–Crippen MR) is 205 cm³/mol. The van der Waals surface area contributed by atoms with Crippen LogP contribution in [0.2, 0.25) is 10.0 Å². The van der Waals surface area contributed by atoms with E-state index in [1.54, 1.807) is 60.7 Å². The maximum absolute atomic E-state index is 14.8. The van der Waals surface area contributed by atoms with Gasteiger partial charge in [-0.2, -0.15) is 0 Å². The average Bonchev–Trinajstić information content (AvgIpc) is 3.68. The molecule has 0 saturated heterocycles. The number of amides is 2. The first-order valence-corrected chi connectivity index (χ1v) is 19.4. The quantitative estimate of drug-likeness (QED) is 0.122. The molecule has 52 heavy (non-hydrogen) atoms. The smallest absolute Gasteiger partial charge is 0.264 e. The molecule has 5 aromatic rings. The molecule has 0 radical (unpaired) electrons. The van der Waals surface area contributed by atoms with Gasteiger partial charge in [-0.25, -0.2) is 8.42 Å². The van der Waals surface area contributed by atoms with Crippen molar-refractivity contribution in [1.82, 2.24) is 10.2 Å². The highest BCUT2D eigenvalue weighted by atomic mass is 35.5. The van der Waals surface area contributed by atoms with Crippen LogP contribution >= 0.6 is 23.2 Å². The van der Waals surface area contributed by atoms with Crippen molar-refractivity contribution in [2.24, 2.45) is 0 Å². The number of benzene rings is 5. The molecule has 0 aliphatic heterocycles. The molecular formula is C41H39Cl2N3O5S. The summed E-state index contributed by atoms with van der Waals surface area (Å²) in [5.41, 5.74) is 1.74. The molecule has 1 N–H and O–H groups in total. The van der Waals surface area contributed by atoms with E-state index in [4.69, 9.17) is 27.9 Å². The van der Waals surface area contributed by atoms with E-state index in [9.17, 15) is 18.0 Å². The summed E-state index contributed by atoms with van der Waals surface area (Å²) in [6.07, 6.45) is 3.96. The lowest BCUT2D eigenvalue weighted by molar-refractivity contribution is -0.140. The monoisotopic (exact) mass is 755 g/mol. The summed E-state index contributed by atoms with van der Waals surface area (Å²) in [7, 11) is -4.26. The largest absolute Gasteiger partial charge is 0.457 e. The zero-order valence-corrected chi connectivity index (χ0v) is 30.7. The zero-order chi connectivity index (χ0) is 36.5.